The fourth-order valence-electron chi connectivity index (χ4n) is 1.35. The largest absolute Gasteiger partial charge is 0.347 e. The van der Waals surface area contributed by atoms with Crippen LogP contribution in [0.4, 0.5) is 5.69 Å². The number of anilines is 1. The second kappa shape index (κ2) is 2.09. The van der Waals surface area contributed by atoms with Crippen LogP contribution in [0.25, 0.3) is 0 Å². The van der Waals surface area contributed by atoms with E-state index in [1.165, 1.54) is 5.69 Å². The van der Waals surface area contributed by atoms with Gasteiger partial charge >= 0.3 is 0 Å². The summed E-state index contributed by atoms with van der Waals surface area (Å²) in [5, 5.41) is 0. The standard InChI is InChI=1S/C9H10N2/c1-7-6-8-9(11(7)2)4-3-5-10-8/h3-5H,1,6H2,2H3. The van der Waals surface area contributed by atoms with Crippen molar-refractivity contribution >= 4 is 5.69 Å². The van der Waals surface area contributed by atoms with Crippen molar-refractivity contribution in [2.24, 2.45) is 0 Å². The summed E-state index contributed by atoms with van der Waals surface area (Å²) in [6, 6.07) is 4.02. The Hall–Kier alpha value is -1.31. The number of fused-ring (bicyclic) bond motifs is 1. The first kappa shape index (κ1) is 6.40. The van der Waals surface area contributed by atoms with E-state index < -0.39 is 0 Å². The molecule has 0 unspecified atom stereocenters. The van der Waals surface area contributed by atoms with Crippen molar-refractivity contribution in [1.82, 2.24) is 4.98 Å². The molecule has 1 aromatic rings. The number of rotatable bonds is 0. The van der Waals surface area contributed by atoms with Gasteiger partial charge in [0.1, 0.15) is 0 Å². The maximum Gasteiger partial charge on any atom is 0.0698 e. The molecule has 56 valence electrons. The zero-order chi connectivity index (χ0) is 7.84. The molecule has 0 aromatic carbocycles. The summed E-state index contributed by atoms with van der Waals surface area (Å²) in [7, 11) is 2.02. The fraction of sp³-hybridized carbons (Fsp3) is 0.222. The highest BCUT2D eigenvalue weighted by Gasteiger charge is 2.18. The quantitative estimate of drug-likeness (QED) is 0.552. The van der Waals surface area contributed by atoms with E-state index in [0.717, 1.165) is 17.8 Å². The Morgan fingerprint density at radius 3 is 3.18 bits per heavy atom. The van der Waals surface area contributed by atoms with Crippen LogP contribution in [0.3, 0.4) is 0 Å². The van der Waals surface area contributed by atoms with Crippen molar-refractivity contribution in [2.45, 2.75) is 6.42 Å². The Labute approximate surface area is 66.2 Å². The summed E-state index contributed by atoms with van der Waals surface area (Å²) >= 11 is 0. The molecule has 1 aliphatic rings. The van der Waals surface area contributed by atoms with Gasteiger partial charge in [0.2, 0.25) is 0 Å². The van der Waals surface area contributed by atoms with E-state index in [-0.39, 0.29) is 0 Å². The molecule has 0 saturated heterocycles. The molecular weight excluding hydrogens is 136 g/mol. The van der Waals surface area contributed by atoms with E-state index in [1.807, 2.05) is 19.3 Å². The number of nitrogens with zero attached hydrogens (tertiary/aromatic N) is 2. The maximum absolute atomic E-state index is 4.26. The van der Waals surface area contributed by atoms with E-state index in [1.54, 1.807) is 0 Å². The predicted octanol–water partition coefficient (Wildman–Crippen LogP) is 1.59. The Balaban J connectivity index is 2.55. The van der Waals surface area contributed by atoms with Gasteiger partial charge in [-0.1, -0.05) is 6.58 Å². The number of aromatic nitrogens is 1. The van der Waals surface area contributed by atoms with Crippen LogP contribution in [0.5, 0.6) is 0 Å². The minimum atomic E-state index is 0.896. The van der Waals surface area contributed by atoms with Crippen molar-refractivity contribution in [2.75, 3.05) is 11.9 Å². The molecule has 2 rings (SSSR count). The third kappa shape index (κ3) is 0.827. The third-order valence-corrected chi connectivity index (χ3v) is 2.07. The van der Waals surface area contributed by atoms with Gasteiger partial charge in [-0.15, -0.1) is 0 Å². The molecule has 0 amide bonds. The van der Waals surface area contributed by atoms with E-state index in [2.05, 4.69) is 22.5 Å². The Morgan fingerprint density at radius 2 is 2.45 bits per heavy atom. The molecule has 2 nitrogen and oxygen atoms in total. The number of allylic oxidation sites excluding steroid dienone is 1. The number of hydrogen-bond acceptors (Lipinski definition) is 2. The molecule has 0 spiro atoms. The second-order valence-electron chi connectivity index (χ2n) is 2.77. The van der Waals surface area contributed by atoms with E-state index in [9.17, 15) is 0 Å². The summed E-state index contributed by atoms with van der Waals surface area (Å²) in [4.78, 5) is 6.34. The highest BCUT2D eigenvalue weighted by molar-refractivity contribution is 5.60. The Kier molecular flexibility index (Phi) is 1.22. The zero-order valence-corrected chi connectivity index (χ0v) is 6.54. The molecule has 1 aliphatic heterocycles. The smallest absolute Gasteiger partial charge is 0.0698 e. The molecule has 1 aromatic heterocycles. The van der Waals surface area contributed by atoms with Crippen LogP contribution in [0.2, 0.25) is 0 Å². The van der Waals surface area contributed by atoms with Crippen LogP contribution in [0, 0.1) is 0 Å². The summed E-state index contributed by atoms with van der Waals surface area (Å²) in [5.41, 5.74) is 3.45. The average Bonchev–Trinajstić information content (AvgIpc) is 2.30. The molecule has 0 atom stereocenters. The van der Waals surface area contributed by atoms with Crippen molar-refractivity contribution in [3.05, 3.63) is 36.3 Å². The average molecular weight is 146 g/mol. The number of pyridine rings is 1. The SMILES string of the molecule is C=C1Cc2ncccc2N1C. The van der Waals surface area contributed by atoms with E-state index in [0.29, 0.717) is 0 Å². The maximum atomic E-state index is 4.26. The van der Waals surface area contributed by atoms with Crippen LogP contribution in [-0.4, -0.2) is 12.0 Å². The van der Waals surface area contributed by atoms with Gasteiger partial charge in [-0.2, -0.15) is 0 Å². The first-order valence-corrected chi connectivity index (χ1v) is 3.64. The van der Waals surface area contributed by atoms with E-state index in [4.69, 9.17) is 0 Å². The van der Waals surface area contributed by atoms with Gasteiger partial charge in [0, 0.05) is 25.4 Å². The van der Waals surface area contributed by atoms with Gasteiger partial charge in [0.15, 0.2) is 0 Å². The van der Waals surface area contributed by atoms with Gasteiger partial charge < -0.3 is 4.90 Å². The molecule has 2 heterocycles. The highest BCUT2D eigenvalue weighted by atomic mass is 15.1. The van der Waals surface area contributed by atoms with Crippen molar-refractivity contribution in [3.63, 3.8) is 0 Å². The molecule has 0 bridgehead atoms. The van der Waals surface area contributed by atoms with E-state index >= 15 is 0 Å². The molecule has 2 heteroatoms. The molecule has 0 N–H and O–H groups in total. The lowest BCUT2D eigenvalue weighted by Crippen LogP contribution is -2.09. The molecular formula is C9H10N2. The third-order valence-electron chi connectivity index (χ3n) is 2.07. The van der Waals surface area contributed by atoms with Gasteiger partial charge in [-0.3, -0.25) is 4.98 Å². The summed E-state index contributed by atoms with van der Waals surface area (Å²) in [6.45, 7) is 3.94. The van der Waals surface area contributed by atoms with Gasteiger partial charge in [-0.05, 0) is 12.1 Å². The highest BCUT2D eigenvalue weighted by Crippen LogP contribution is 2.29. The van der Waals surface area contributed by atoms with Gasteiger partial charge in [0.05, 0.1) is 11.4 Å². The number of likely N-dealkylation sites (N-methyl/N-ethyl adjacent to an activating group) is 1. The molecule has 0 fully saturated rings. The Morgan fingerprint density at radius 1 is 1.64 bits per heavy atom. The molecule has 0 aliphatic carbocycles. The summed E-state index contributed by atoms with van der Waals surface area (Å²) in [6.07, 6.45) is 2.72. The second-order valence-corrected chi connectivity index (χ2v) is 2.77. The fourth-order valence-corrected chi connectivity index (χ4v) is 1.35. The minimum absolute atomic E-state index is 0.896. The first-order chi connectivity index (χ1) is 5.29. The lowest BCUT2D eigenvalue weighted by Gasteiger charge is -2.11. The normalized spacial score (nSPS) is 15.4. The van der Waals surface area contributed by atoms with Crippen LogP contribution in [0.1, 0.15) is 5.69 Å². The van der Waals surface area contributed by atoms with Crippen molar-refractivity contribution in [1.29, 1.82) is 0 Å². The lowest BCUT2D eigenvalue weighted by molar-refractivity contribution is 1.09. The van der Waals surface area contributed by atoms with Crippen LogP contribution in [0.15, 0.2) is 30.6 Å². The summed E-state index contributed by atoms with van der Waals surface area (Å²) < 4.78 is 0. The monoisotopic (exact) mass is 146 g/mol. The number of hydrogen-bond donors (Lipinski definition) is 0. The topological polar surface area (TPSA) is 16.1 Å². The molecule has 0 saturated carbocycles. The molecule has 0 radical (unpaired) electrons. The Bertz CT molecular complexity index is 304. The van der Waals surface area contributed by atoms with Crippen LogP contribution < -0.4 is 4.90 Å². The first-order valence-electron chi connectivity index (χ1n) is 3.64. The minimum Gasteiger partial charge on any atom is -0.347 e. The molecule has 11 heavy (non-hydrogen) atoms. The predicted molar refractivity (Wildman–Crippen MR) is 45.5 cm³/mol. The van der Waals surface area contributed by atoms with Crippen LogP contribution >= 0.6 is 0 Å². The lowest BCUT2D eigenvalue weighted by atomic mass is 10.3. The summed E-state index contributed by atoms with van der Waals surface area (Å²) in [5.74, 6) is 0. The van der Waals surface area contributed by atoms with Crippen molar-refractivity contribution in [3.8, 4) is 0 Å². The van der Waals surface area contributed by atoms with Crippen molar-refractivity contribution < 1.29 is 0 Å². The van der Waals surface area contributed by atoms with Gasteiger partial charge in [-0.25, -0.2) is 0 Å². The van der Waals surface area contributed by atoms with Gasteiger partial charge in [0.25, 0.3) is 0 Å². The zero-order valence-electron chi connectivity index (χ0n) is 6.54. The van der Waals surface area contributed by atoms with Crippen LogP contribution in [-0.2, 0) is 6.42 Å².